The Morgan fingerprint density at radius 2 is 1.79 bits per heavy atom. The number of nitrogens with zero attached hydrogens (tertiary/aromatic N) is 3. The third-order valence-electron chi connectivity index (χ3n) is 5.45. The molecule has 1 aromatic heterocycles. The van der Waals surface area contributed by atoms with Crippen LogP contribution in [0, 0.1) is 19.7 Å². The lowest BCUT2D eigenvalue weighted by molar-refractivity contribution is -0.122. The van der Waals surface area contributed by atoms with E-state index in [2.05, 4.69) is 10.4 Å². The van der Waals surface area contributed by atoms with Crippen LogP contribution in [0.5, 0.6) is 0 Å². The van der Waals surface area contributed by atoms with Crippen LogP contribution in [0.3, 0.4) is 0 Å². The van der Waals surface area contributed by atoms with Crippen LogP contribution in [0.25, 0.3) is 6.08 Å². The minimum absolute atomic E-state index is 0.0490. The smallest absolute Gasteiger partial charge is 0.293 e. The number of thioether (sulfide) groups is 1. The first-order valence-electron chi connectivity index (χ1n) is 10.7. The molecule has 174 valence electrons. The highest BCUT2D eigenvalue weighted by atomic mass is 32.2. The SMILES string of the molecule is Cc1nn(Cc2ccccc2)c(C)c1C(=O)NCCN1C(=O)S/C(=C\c2ccc(F)cc2)C1=O. The maximum Gasteiger partial charge on any atom is 0.293 e. The predicted molar refractivity (Wildman–Crippen MR) is 129 cm³/mol. The second-order valence-corrected chi connectivity index (χ2v) is 8.82. The molecule has 4 rings (SSSR count). The molecule has 2 aromatic carbocycles. The predicted octanol–water partition coefficient (Wildman–Crippen LogP) is 4.15. The highest BCUT2D eigenvalue weighted by Gasteiger charge is 2.34. The van der Waals surface area contributed by atoms with Gasteiger partial charge in [0, 0.05) is 18.8 Å². The summed E-state index contributed by atoms with van der Waals surface area (Å²) in [6, 6.07) is 15.5. The van der Waals surface area contributed by atoms with Gasteiger partial charge in [0.25, 0.3) is 17.1 Å². The summed E-state index contributed by atoms with van der Waals surface area (Å²) in [5.74, 6) is -1.11. The fourth-order valence-electron chi connectivity index (χ4n) is 3.71. The van der Waals surface area contributed by atoms with Crippen molar-refractivity contribution in [2.24, 2.45) is 0 Å². The van der Waals surface area contributed by atoms with Crippen LogP contribution < -0.4 is 5.32 Å². The molecule has 0 radical (unpaired) electrons. The van der Waals surface area contributed by atoms with Crippen LogP contribution in [-0.4, -0.2) is 44.8 Å². The lowest BCUT2D eigenvalue weighted by atomic mass is 10.1. The van der Waals surface area contributed by atoms with Gasteiger partial charge in [-0.15, -0.1) is 0 Å². The average molecular weight is 479 g/mol. The van der Waals surface area contributed by atoms with E-state index in [-0.39, 0.29) is 29.7 Å². The fraction of sp³-hybridized carbons (Fsp3) is 0.200. The van der Waals surface area contributed by atoms with Crippen molar-refractivity contribution in [3.8, 4) is 0 Å². The number of hydrogen-bond donors (Lipinski definition) is 1. The van der Waals surface area contributed by atoms with E-state index >= 15 is 0 Å². The highest BCUT2D eigenvalue weighted by Crippen LogP contribution is 2.31. The van der Waals surface area contributed by atoms with Gasteiger partial charge in [0.05, 0.1) is 22.7 Å². The van der Waals surface area contributed by atoms with Crippen LogP contribution in [0.2, 0.25) is 0 Å². The molecule has 1 saturated heterocycles. The number of aryl methyl sites for hydroxylation is 1. The molecule has 0 spiro atoms. The Morgan fingerprint density at radius 1 is 1.09 bits per heavy atom. The highest BCUT2D eigenvalue weighted by molar-refractivity contribution is 8.18. The number of amides is 3. The fourth-order valence-corrected chi connectivity index (χ4v) is 4.57. The molecule has 0 atom stereocenters. The molecule has 9 heteroatoms. The summed E-state index contributed by atoms with van der Waals surface area (Å²) in [5.41, 5.74) is 3.54. The van der Waals surface area contributed by atoms with Crippen molar-refractivity contribution in [1.29, 1.82) is 0 Å². The summed E-state index contributed by atoms with van der Waals surface area (Å²) in [4.78, 5) is 39.1. The summed E-state index contributed by atoms with van der Waals surface area (Å²) in [5, 5.41) is 6.88. The van der Waals surface area contributed by atoms with Gasteiger partial charge in [0.2, 0.25) is 0 Å². The summed E-state index contributed by atoms with van der Waals surface area (Å²) >= 11 is 0.824. The van der Waals surface area contributed by atoms with Gasteiger partial charge in [-0.05, 0) is 54.9 Å². The standard InChI is InChI=1S/C25H23FN4O3S/c1-16-22(17(2)30(28-16)15-19-6-4-3-5-7-19)23(31)27-12-13-29-24(32)21(34-25(29)33)14-18-8-10-20(26)11-9-18/h3-11,14H,12-13,15H2,1-2H3,(H,27,31)/b21-14-. The second kappa shape index (κ2) is 10.0. The van der Waals surface area contributed by atoms with Crippen LogP contribution >= 0.6 is 11.8 Å². The van der Waals surface area contributed by atoms with Gasteiger partial charge < -0.3 is 5.32 Å². The Balaban J connectivity index is 1.37. The molecule has 3 aromatic rings. The number of aromatic nitrogens is 2. The number of carbonyl (C=O) groups excluding carboxylic acids is 3. The van der Waals surface area contributed by atoms with Crippen LogP contribution in [0.1, 0.15) is 32.9 Å². The first-order chi connectivity index (χ1) is 16.3. The van der Waals surface area contributed by atoms with Crippen LogP contribution in [-0.2, 0) is 11.3 Å². The van der Waals surface area contributed by atoms with Crippen LogP contribution in [0.4, 0.5) is 9.18 Å². The van der Waals surface area contributed by atoms with Gasteiger partial charge in [-0.1, -0.05) is 42.5 Å². The number of hydrogen-bond acceptors (Lipinski definition) is 5. The summed E-state index contributed by atoms with van der Waals surface area (Å²) in [6.45, 7) is 4.34. The average Bonchev–Trinajstić information content (AvgIpc) is 3.24. The molecule has 0 unspecified atom stereocenters. The molecule has 1 aliphatic heterocycles. The molecule has 1 fully saturated rings. The van der Waals surface area contributed by atoms with E-state index in [9.17, 15) is 18.8 Å². The number of rotatable bonds is 7. The Morgan fingerprint density at radius 3 is 2.50 bits per heavy atom. The van der Waals surface area contributed by atoms with E-state index in [0.29, 0.717) is 23.4 Å². The van der Waals surface area contributed by atoms with Crippen molar-refractivity contribution >= 4 is 34.9 Å². The van der Waals surface area contributed by atoms with E-state index in [0.717, 1.165) is 27.9 Å². The normalized spacial score (nSPS) is 14.8. The van der Waals surface area contributed by atoms with Gasteiger partial charge >= 0.3 is 0 Å². The van der Waals surface area contributed by atoms with Gasteiger partial charge in [-0.2, -0.15) is 5.10 Å². The number of benzene rings is 2. The number of halogens is 1. The first kappa shape index (κ1) is 23.4. The molecule has 1 aliphatic rings. The number of nitrogens with one attached hydrogen (secondary N) is 1. The van der Waals surface area contributed by atoms with Gasteiger partial charge in [0.1, 0.15) is 5.82 Å². The van der Waals surface area contributed by atoms with Gasteiger partial charge in [-0.3, -0.25) is 24.0 Å². The Kier molecular flexibility index (Phi) is 6.93. The topological polar surface area (TPSA) is 84.3 Å². The molecular formula is C25H23FN4O3S. The van der Waals surface area contributed by atoms with E-state index < -0.39 is 11.1 Å². The second-order valence-electron chi connectivity index (χ2n) is 7.83. The molecular weight excluding hydrogens is 455 g/mol. The lowest BCUT2D eigenvalue weighted by Crippen LogP contribution is -2.37. The van der Waals surface area contributed by atoms with Crippen molar-refractivity contribution in [3.63, 3.8) is 0 Å². The summed E-state index contributed by atoms with van der Waals surface area (Å²) in [6.07, 6.45) is 1.55. The van der Waals surface area contributed by atoms with Crippen molar-refractivity contribution < 1.29 is 18.8 Å². The molecule has 34 heavy (non-hydrogen) atoms. The zero-order chi connectivity index (χ0) is 24.2. The lowest BCUT2D eigenvalue weighted by Gasteiger charge is -2.13. The van der Waals surface area contributed by atoms with Crippen molar-refractivity contribution in [1.82, 2.24) is 20.0 Å². The van der Waals surface area contributed by atoms with E-state index in [1.54, 1.807) is 17.7 Å². The quantitative estimate of drug-likeness (QED) is 0.516. The minimum atomic E-state index is -0.434. The molecule has 7 nitrogen and oxygen atoms in total. The maximum absolute atomic E-state index is 13.1. The van der Waals surface area contributed by atoms with E-state index in [1.807, 2.05) is 37.3 Å². The summed E-state index contributed by atoms with van der Waals surface area (Å²) in [7, 11) is 0. The zero-order valence-corrected chi connectivity index (χ0v) is 19.6. The van der Waals surface area contributed by atoms with E-state index in [1.165, 1.54) is 24.3 Å². The Labute approximate surface area is 200 Å². The molecule has 0 bridgehead atoms. The third kappa shape index (κ3) is 5.09. The molecule has 0 aliphatic carbocycles. The van der Waals surface area contributed by atoms with Crippen molar-refractivity contribution in [2.45, 2.75) is 20.4 Å². The monoisotopic (exact) mass is 478 g/mol. The maximum atomic E-state index is 13.1. The van der Waals surface area contributed by atoms with E-state index in [4.69, 9.17) is 0 Å². The number of imide groups is 1. The van der Waals surface area contributed by atoms with Gasteiger partial charge in [0.15, 0.2) is 0 Å². The summed E-state index contributed by atoms with van der Waals surface area (Å²) < 4.78 is 14.9. The third-order valence-corrected chi connectivity index (χ3v) is 6.35. The Hall–Kier alpha value is -3.72. The van der Waals surface area contributed by atoms with Crippen molar-refractivity contribution in [3.05, 3.63) is 93.4 Å². The van der Waals surface area contributed by atoms with Crippen molar-refractivity contribution in [2.75, 3.05) is 13.1 Å². The molecule has 3 amide bonds. The minimum Gasteiger partial charge on any atom is -0.350 e. The zero-order valence-electron chi connectivity index (χ0n) is 18.7. The number of carbonyl (C=O) groups is 3. The molecule has 2 heterocycles. The van der Waals surface area contributed by atoms with Crippen LogP contribution in [0.15, 0.2) is 59.5 Å². The first-order valence-corrected chi connectivity index (χ1v) is 11.5. The molecule has 1 N–H and O–H groups in total. The Bertz CT molecular complexity index is 1270. The largest absolute Gasteiger partial charge is 0.350 e. The molecule has 0 saturated carbocycles. The van der Waals surface area contributed by atoms with Gasteiger partial charge in [-0.25, -0.2) is 4.39 Å².